The first-order valence-electron chi connectivity index (χ1n) is 18.0. The largest absolute Gasteiger partial charge is 0.387 e. The fraction of sp³-hybridized carbons (Fsp3) is 0.436. The molecule has 0 radical (unpaired) electrons. The summed E-state index contributed by atoms with van der Waals surface area (Å²) in [6, 6.07) is 10.1. The van der Waals surface area contributed by atoms with Crippen LogP contribution in [0.2, 0.25) is 0 Å². The van der Waals surface area contributed by atoms with E-state index in [-0.39, 0.29) is 37.6 Å². The van der Waals surface area contributed by atoms with Crippen molar-refractivity contribution in [2.24, 2.45) is 17.1 Å². The van der Waals surface area contributed by atoms with Crippen LogP contribution in [0.1, 0.15) is 69.3 Å². The number of aliphatic hydroxyl groups is 1. The van der Waals surface area contributed by atoms with Crippen LogP contribution in [0.3, 0.4) is 0 Å². The molecule has 15 heteroatoms. The quantitative estimate of drug-likeness (QED) is 0.171. The summed E-state index contributed by atoms with van der Waals surface area (Å²) >= 11 is 0. The lowest BCUT2D eigenvalue weighted by Gasteiger charge is -2.40. The Hall–Kier alpha value is -5.28. The van der Waals surface area contributed by atoms with Gasteiger partial charge in [-0.05, 0) is 42.4 Å². The van der Waals surface area contributed by atoms with Crippen LogP contribution < -0.4 is 16.4 Å². The highest BCUT2D eigenvalue weighted by Crippen LogP contribution is 2.40. The number of rotatable bonds is 15. The first kappa shape index (κ1) is 39.9. The standard InChI is InChI=1S/C39H47F2N7O6/c1-39(2,3)36(35-25(20-24-8-5-4-6-9-24)22-48(45-35)31-21-26(40)12-13-28(31)41)47(34(52)23-49)18-16-29(42)38(54)44-30-11-7-10-27(30)37(53)43-17-19-46-32(50)14-15-33(46)51/h4-6,8-9,12-15,21-22,27,29-30,36,49H,7,10-11,16-20,23,42H2,1-3H3,(H,43,53)(H,44,54)/t27?,29-,30?,36-/m0/s1. The molecule has 2 aromatic carbocycles. The lowest BCUT2D eigenvalue weighted by atomic mass is 9.81. The molecule has 1 fully saturated rings. The van der Waals surface area contributed by atoms with Gasteiger partial charge in [-0.15, -0.1) is 0 Å². The summed E-state index contributed by atoms with van der Waals surface area (Å²) in [5.74, 6) is -4.23. The third kappa shape index (κ3) is 9.44. The summed E-state index contributed by atoms with van der Waals surface area (Å²) in [4.78, 5) is 66.0. The van der Waals surface area contributed by atoms with Crippen LogP contribution in [-0.2, 0) is 30.4 Å². The van der Waals surface area contributed by atoms with Gasteiger partial charge in [0.2, 0.25) is 17.7 Å². The van der Waals surface area contributed by atoms with Gasteiger partial charge in [-0.1, -0.05) is 57.5 Å². The highest BCUT2D eigenvalue weighted by Gasteiger charge is 2.39. The van der Waals surface area contributed by atoms with E-state index >= 15 is 4.39 Å². The zero-order valence-corrected chi connectivity index (χ0v) is 30.6. The number of benzene rings is 2. The number of imide groups is 1. The van der Waals surface area contributed by atoms with Crippen LogP contribution in [0.15, 0.2) is 66.9 Å². The van der Waals surface area contributed by atoms with Crippen LogP contribution in [0.4, 0.5) is 8.78 Å². The molecule has 288 valence electrons. The summed E-state index contributed by atoms with van der Waals surface area (Å²) in [7, 11) is 0. The van der Waals surface area contributed by atoms with E-state index in [1.807, 2.05) is 51.1 Å². The average Bonchev–Trinajstić information content (AvgIpc) is 3.85. The predicted octanol–water partition coefficient (Wildman–Crippen LogP) is 2.69. The minimum Gasteiger partial charge on any atom is -0.387 e. The number of carbonyl (C=O) groups is 5. The molecule has 54 heavy (non-hydrogen) atoms. The molecule has 0 spiro atoms. The maximum absolute atomic E-state index is 15.0. The fourth-order valence-corrected chi connectivity index (χ4v) is 7.12. The minimum atomic E-state index is -1.09. The normalized spacial score (nSPS) is 18.2. The summed E-state index contributed by atoms with van der Waals surface area (Å²) in [5.41, 5.74) is 7.53. The number of carbonyl (C=O) groups excluding carboxylic acids is 5. The first-order chi connectivity index (χ1) is 25.7. The van der Waals surface area contributed by atoms with Crippen molar-refractivity contribution >= 4 is 29.5 Å². The Morgan fingerprint density at radius 2 is 1.76 bits per heavy atom. The number of nitrogens with two attached hydrogens (primary N) is 1. The van der Waals surface area contributed by atoms with Gasteiger partial charge in [-0.3, -0.25) is 28.9 Å². The maximum Gasteiger partial charge on any atom is 0.253 e. The van der Waals surface area contributed by atoms with Gasteiger partial charge in [-0.2, -0.15) is 5.10 Å². The summed E-state index contributed by atoms with van der Waals surface area (Å²) < 4.78 is 30.6. The first-order valence-corrected chi connectivity index (χ1v) is 18.0. The second kappa shape index (κ2) is 17.2. The summed E-state index contributed by atoms with van der Waals surface area (Å²) in [5, 5.41) is 20.5. The van der Waals surface area contributed by atoms with Crippen molar-refractivity contribution in [2.75, 3.05) is 26.2 Å². The number of aromatic nitrogens is 2. The maximum atomic E-state index is 15.0. The van der Waals surface area contributed by atoms with Crippen LogP contribution in [0.25, 0.3) is 5.69 Å². The Balaban J connectivity index is 1.32. The van der Waals surface area contributed by atoms with E-state index in [0.717, 1.165) is 28.7 Å². The number of aliphatic hydroxyl groups excluding tert-OH is 1. The number of hydrogen-bond donors (Lipinski definition) is 4. The average molecular weight is 748 g/mol. The van der Waals surface area contributed by atoms with Gasteiger partial charge in [-0.25, -0.2) is 13.5 Å². The van der Waals surface area contributed by atoms with Gasteiger partial charge >= 0.3 is 0 Å². The summed E-state index contributed by atoms with van der Waals surface area (Å²) in [6.45, 7) is 4.87. The Morgan fingerprint density at radius 3 is 2.43 bits per heavy atom. The molecule has 1 aliphatic heterocycles. The molecule has 5 N–H and O–H groups in total. The van der Waals surface area contributed by atoms with Crippen molar-refractivity contribution in [3.8, 4) is 5.69 Å². The number of amides is 5. The highest BCUT2D eigenvalue weighted by molar-refractivity contribution is 6.12. The van der Waals surface area contributed by atoms with E-state index in [0.29, 0.717) is 36.9 Å². The minimum absolute atomic E-state index is 0.00703. The Morgan fingerprint density at radius 1 is 1.06 bits per heavy atom. The number of halogens is 2. The van der Waals surface area contributed by atoms with Gasteiger partial charge < -0.3 is 26.4 Å². The topological polar surface area (TPSA) is 180 Å². The van der Waals surface area contributed by atoms with Gasteiger partial charge in [0.25, 0.3) is 11.8 Å². The van der Waals surface area contributed by atoms with E-state index in [9.17, 15) is 33.5 Å². The molecule has 1 aromatic heterocycles. The Labute approximate surface area is 312 Å². The number of nitrogens with zero attached hydrogens (tertiary/aromatic N) is 4. The third-order valence-corrected chi connectivity index (χ3v) is 9.79. The van der Waals surface area contributed by atoms with E-state index in [1.165, 1.54) is 21.7 Å². The smallest absolute Gasteiger partial charge is 0.253 e. The fourth-order valence-electron chi connectivity index (χ4n) is 7.12. The lowest BCUT2D eigenvalue weighted by Crippen LogP contribution is -2.51. The van der Waals surface area contributed by atoms with Gasteiger partial charge in [0.05, 0.1) is 23.7 Å². The third-order valence-electron chi connectivity index (χ3n) is 9.79. The number of nitrogens with one attached hydrogen (secondary N) is 2. The molecule has 3 aromatic rings. The second-order valence-electron chi connectivity index (χ2n) is 14.8. The molecular weight excluding hydrogens is 700 g/mol. The molecule has 5 amide bonds. The van der Waals surface area contributed by atoms with Crippen LogP contribution in [-0.4, -0.2) is 92.5 Å². The monoisotopic (exact) mass is 747 g/mol. The number of hydrogen-bond acceptors (Lipinski definition) is 8. The lowest BCUT2D eigenvalue weighted by molar-refractivity contribution is -0.140. The van der Waals surface area contributed by atoms with Crippen molar-refractivity contribution in [3.63, 3.8) is 0 Å². The van der Waals surface area contributed by atoms with Crippen molar-refractivity contribution in [2.45, 2.75) is 71.0 Å². The molecule has 4 atom stereocenters. The van der Waals surface area contributed by atoms with Crippen molar-refractivity contribution in [1.29, 1.82) is 0 Å². The zero-order chi connectivity index (χ0) is 39.2. The predicted molar refractivity (Wildman–Crippen MR) is 194 cm³/mol. The molecule has 2 aliphatic rings. The van der Waals surface area contributed by atoms with E-state index in [1.54, 1.807) is 6.20 Å². The SMILES string of the molecule is CC(C)(C)[C@H](c1nn(-c2cc(F)ccc2F)cc1Cc1ccccc1)N(CC[C@H](N)C(=O)NC1CCCC1C(=O)NCCN1C(=O)C=CC1=O)C(=O)CO. The van der Waals surface area contributed by atoms with Crippen molar-refractivity contribution < 1.29 is 37.9 Å². The molecule has 0 bridgehead atoms. The van der Waals surface area contributed by atoms with Gasteiger partial charge in [0.1, 0.15) is 23.9 Å². The molecule has 5 rings (SSSR count). The second-order valence-corrected chi connectivity index (χ2v) is 14.8. The van der Waals surface area contributed by atoms with E-state index < -0.39 is 71.3 Å². The van der Waals surface area contributed by atoms with Crippen LogP contribution in [0.5, 0.6) is 0 Å². The molecule has 0 saturated heterocycles. The van der Waals surface area contributed by atoms with Crippen LogP contribution >= 0.6 is 0 Å². The molecule has 1 saturated carbocycles. The molecule has 2 unspecified atom stereocenters. The van der Waals surface area contributed by atoms with Crippen LogP contribution in [0, 0.1) is 23.0 Å². The zero-order valence-electron chi connectivity index (χ0n) is 30.6. The van der Waals surface area contributed by atoms with E-state index in [2.05, 4.69) is 10.6 Å². The van der Waals surface area contributed by atoms with E-state index in [4.69, 9.17) is 10.8 Å². The molecule has 13 nitrogen and oxygen atoms in total. The molecule has 1 aliphatic carbocycles. The highest BCUT2D eigenvalue weighted by atomic mass is 19.1. The Kier molecular flexibility index (Phi) is 12.7. The van der Waals surface area contributed by atoms with Crippen molar-refractivity contribution in [3.05, 3.63) is 95.3 Å². The molecular formula is C39H47F2N7O6. The van der Waals surface area contributed by atoms with Gasteiger partial charge in [0.15, 0.2) is 0 Å². The molecule has 2 heterocycles. The van der Waals surface area contributed by atoms with Crippen molar-refractivity contribution in [1.82, 2.24) is 30.2 Å². The summed E-state index contributed by atoms with van der Waals surface area (Å²) in [6.07, 6.45) is 6.06. The van der Waals surface area contributed by atoms with Gasteiger partial charge in [0, 0.05) is 62.1 Å². The Bertz CT molecular complexity index is 1880.